The molecule has 7 heteroatoms. The largest absolute Gasteiger partial charge is 0.339 e. The van der Waals surface area contributed by atoms with E-state index in [0.29, 0.717) is 23.8 Å². The normalized spacial score (nSPS) is 17.4. The van der Waals surface area contributed by atoms with Crippen molar-refractivity contribution in [1.82, 2.24) is 25.0 Å². The van der Waals surface area contributed by atoms with Gasteiger partial charge in [-0.1, -0.05) is 5.16 Å². The van der Waals surface area contributed by atoms with Crippen LogP contribution in [0, 0.1) is 0 Å². The van der Waals surface area contributed by atoms with Crippen molar-refractivity contribution in [2.45, 2.75) is 18.8 Å². The monoisotopic (exact) mass is 335 g/mol. The van der Waals surface area contributed by atoms with Crippen LogP contribution in [-0.2, 0) is 0 Å². The fourth-order valence-corrected chi connectivity index (χ4v) is 3.05. The molecule has 0 radical (unpaired) electrons. The molecule has 0 saturated carbocycles. The van der Waals surface area contributed by atoms with Crippen LogP contribution in [0.1, 0.15) is 35.0 Å². The summed E-state index contributed by atoms with van der Waals surface area (Å²) in [4.78, 5) is 27.0. The van der Waals surface area contributed by atoms with Crippen molar-refractivity contribution in [2.24, 2.45) is 0 Å². The third-order valence-corrected chi connectivity index (χ3v) is 4.35. The fourth-order valence-electron chi connectivity index (χ4n) is 3.05. The van der Waals surface area contributed by atoms with Crippen LogP contribution in [0.25, 0.3) is 11.4 Å². The molecule has 1 amide bonds. The number of carbonyl (C=O) groups is 1. The van der Waals surface area contributed by atoms with E-state index < -0.39 is 0 Å². The van der Waals surface area contributed by atoms with Crippen LogP contribution in [0.4, 0.5) is 0 Å². The molecule has 3 aromatic rings. The van der Waals surface area contributed by atoms with E-state index in [1.54, 1.807) is 36.9 Å². The molecule has 7 nitrogen and oxygen atoms in total. The van der Waals surface area contributed by atoms with E-state index in [0.717, 1.165) is 24.9 Å². The molecular formula is C18H17N5O2. The number of pyridine rings is 2. The summed E-state index contributed by atoms with van der Waals surface area (Å²) in [5.74, 6) is 1.17. The Labute approximate surface area is 144 Å². The third-order valence-electron chi connectivity index (χ3n) is 4.35. The summed E-state index contributed by atoms with van der Waals surface area (Å²) in [7, 11) is 0. The Morgan fingerprint density at radius 1 is 1.16 bits per heavy atom. The Hall–Kier alpha value is -3.09. The number of piperidine rings is 1. The quantitative estimate of drug-likeness (QED) is 0.731. The van der Waals surface area contributed by atoms with Gasteiger partial charge in [0.15, 0.2) is 0 Å². The summed E-state index contributed by atoms with van der Waals surface area (Å²) in [5.41, 5.74) is 1.47. The maximum absolute atomic E-state index is 12.6. The van der Waals surface area contributed by atoms with Crippen LogP contribution in [0.5, 0.6) is 0 Å². The summed E-state index contributed by atoms with van der Waals surface area (Å²) in [6.45, 7) is 1.32. The lowest BCUT2D eigenvalue weighted by atomic mass is 9.97. The van der Waals surface area contributed by atoms with E-state index in [-0.39, 0.29) is 11.8 Å². The SMILES string of the molecule is O=C(c1ccncc1)N1CCC[C@H](c2nc(-c3cccnc3)no2)C1. The summed E-state index contributed by atoms with van der Waals surface area (Å²) < 4.78 is 5.46. The van der Waals surface area contributed by atoms with Gasteiger partial charge in [0.05, 0.1) is 5.92 Å². The van der Waals surface area contributed by atoms with Crippen LogP contribution in [0.2, 0.25) is 0 Å². The van der Waals surface area contributed by atoms with Crippen LogP contribution in [0.15, 0.2) is 53.6 Å². The molecule has 126 valence electrons. The first-order chi connectivity index (χ1) is 12.3. The highest BCUT2D eigenvalue weighted by atomic mass is 16.5. The van der Waals surface area contributed by atoms with Crippen molar-refractivity contribution in [3.8, 4) is 11.4 Å². The smallest absolute Gasteiger partial charge is 0.253 e. The Bertz CT molecular complexity index is 850. The van der Waals surface area contributed by atoms with E-state index in [1.807, 2.05) is 17.0 Å². The molecule has 1 aliphatic rings. The molecule has 0 unspecified atom stereocenters. The molecule has 0 spiro atoms. The van der Waals surface area contributed by atoms with Gasteiger partial charge in [-0.25, -0.2) is 0 Å². The zero-order chi connectivity index (χ0) is 17.1. The van der Waals surface area contributed by atoms with E-state index in [9.17, 15) is 4.79 Å². The standard InChI is InChI=1S/C18H17N5O2/c24-18(13-5-8-19-9-6-13)23-10-2-4-15(12-23)17-21-16(22-25-17)14-3-1-7-20-11-14/h1,3,5-9,11,15H,2,4,10,12H2/t15-/m0/s1. The molecule has 1 saturated heterocycles. The summed E-state index contributed by atoms with van der Waals surface area (Å²) in [5, 5.41) is 4.05. The van der Waals surface area contributed by atoms with E-state index in [4.69, 9.17) is 4.52 Å². The van der Waals surface area contributed by atoms with Gasteiger partial charge in [0.2, 0.25) is 11.7 Å². The zero-order valence-corrected chi connectivity index (χ0v) is 13.6. The Balaban J connectivity index is 1.50. The molecule has 1 aliphatic heterocycles. The Morgan fingerprint density at radius 2 is 2.04 bits per heavy atom. The lowest BCUT2D eigenvalue weighted by Gasteiger charge is -2.31. The maximum Gasteiger partial charge on any atom is 0.253 e. The predicted octanol–water partition coefficient (Wildman–Crippen LogP) is 2.55. The average Bonchev–Trinajstić information content (AvgIpc) is 3.19. The molecule has 25 heavy (non-hydrogen) atoms. The van der Waals surface area contributed by atoms with Gasteiger partial charge in [0.1, 0.15) is 0 Å². The second-order valence-corrected chi connectivity index (χ2v) is 6.02. The minimum Gasteiger partial charge on any atom is -0.339 e. The molecular weight excluding hydrogens is 318 g/mol. The lowest BCUT2D eigenvalue weighted by molar-refractivity contribution is 0.0695. The lowest BCUT2D eigenvalue weighted by Crippen LogP contribution is -2.39. The second kappa shape index (κ2) is 6.80. The number of amides is 1. The number of hydrogen-bond acceptors (Lipinski definition) is 6. The number of carbonyl (C=O) groups excluding carboxylic acids is 1. The first-order valence-corrected chi connectivity index (χ1v) is 8.24. The topological polar surface area (TPSA) is 85.0 Å². The van der Waals surface area contributed by atoms with Gasteiger partial charge in [-0.05, 0) is 37.1 Å². The fraction of sp³-hybridized carbons (Fsp3) is 0.278. The molecule has 1 fully saturated rings. The number of rotatable bonds is 3. The van der Waals surface area contributed by atoms with E-state index in [2.05, 4.69) is 20.1 Å². The zero-order valence-electron chi connectivity index (χ0n) is 13.6. The highest BCUT2D eigenvalue weighted by molar-refractivity contribution is 5.94. The number of aromatic nitrogens is 4. The summed E-state index contributed by atoms with van der Waals surface area (Å²) in [6, 6.07) is 7.20. The molecule has 0 N–H and O–H groups in total. The van der Waals surface area contributed by atoms with Crippen LogP contribution >= 0.6 is 0 Å². The summed E-state index contributed by atoms with van der Waals surface area (Å²) in [6.07, 6.45) is 8.50. The second-order valence-electron chi connectivity index (χ2n) is 6.02. The van der Waals surface area contributed by atoms with Gasteiger partial charge >= 0.3 is 0 Å². The van der Waals surface area contributed by atoms with Gasteiger partial charge in [0, 0.05) is 49.0 Å². The number of nitrogens with zero attached hydrogens (tertiary/aromatic N) is 5. The first-order valence-electron chi connectivity index (χ1n) is 8.24. The molecule has 3 aromatic heterocycles. The van der Waals surface area contributed by atoms with Gasteiger partial charge in [-0.3, -0.25) is 14.8 Å². The minimum absolute atomic E-state index is 0.0131. The Morgan fingerprint density at radius 3 is 2.84 bits per heavy atom. The molecule has 4 heterocycles. The highest BCUT2D eigenvalue weighted by Gasteiger charge is 2.29. The Kier molecular flexibility index (Phi) is 4.20. The highest BCUT2D eigenvalue weighted by Crippen LogP contribution is 2.28. The van der Waals surface area contributed by atoms with Crippen molar-refractivity contribution < 1.29 is 9.32 Å². The number of hydrogen-bond donors (Lipinski definition) is 0. The number of likely N-dealkylation sites (tertiary alicyclic amines) is 1. The summed E-state index contributed by atoms with van der Waals surface area (Å²) >= 11 is 0. The molecule has 4 rings (SSSR count). The van der Waals surface area contributed by atoms with Gasteiger partial charge < -0.3 is 9.42 Å². The van der Waals surface area contributed by atoms with Crippen molar-refractivity contribution in [1.29, 1.82) is 0 Å². The van der Waals surface area contributed by atoms with Gasteiger partial charge in [0.25, 0.3) is 5.91 Å². The van der Waals surface area contributed by atoms with Crippen molar-refractivity contribution in [3.05, 3.63) is 60.5 Å². The molecule has 0 aliphatic carbocycles. The van der Waals surface area contributed by atoms with Crippen molar-refractivity contribution >= 4 is 5.91 Å². The minimum atomic E-state index is 0.0131. The van der Waals surface area contributed by atoms with E-state index in [1.165, 1.54) is 0 Å². The molecule has 1 atom stereocenters. The van der Waals surface area contributed by atoms with Crippen molar-refractivity contribution in [2.75, 3.05) is 13.1 Å². The maximum atomic E-state index is 12.6. The van der Waals surface area contributed by atoms with Crippen LogP contribution < -0.4 is 0 Å². The van der Waals surface area contributed by atoms with Crippen molar-refractivity contribution in [3.63, 3.8) is 0 Å². The van der Waals surface area contributed by atoms with Gasteiger partial charge in [-0.2, -0.15) is 4.98 Å². The average molecular weight is 335 g/mol. The molecule has 0 aromatic carbocycles. The first kappa shape index (κ1) is 15.4. The predicted molar refractivity (Wildman–Crippen MR) is 89.6 cm³/mol. The van der Waals surface area contributed by atoms with Crippen LogP contribution in [0.3, 0.4) is 0 Å². The van der Waals surface area contributed by atoms with E-state index >= 15 is 0 Å². The van der Waals surface area contributed by atoms with Crippen LogP contribution in [-0.4, -0.2) is 44.0 Å². The van der Waals surface area contributed by atoms with Gasteiger partial charge in [-0.15, -0.1) is 0 Å². The third kappa shape index (κ3) is 3.26. The molecule has 0 bridgehead atoms.